The van der Waals surface area contributed by atoms with Crippen molar-refractivity contribution < 1.29 is 14.3 Å². The highest BCUT2D eigenvalue weighted by Crippen LogP contribution is 2.06. The maximum Gasteiger partial charge on any atom is 0.303 e. The predicted octanol–water partition coefficient (Wildman–Crippen LogP) is 2.17. The Hall–Kier alpha value is -1.91. The number of esters is 1. The Morgan fingerprint density at radius 3 is 2.61 bits per heavy atom. The van der Waals surface area contributed by atoms with E-state index in [0.29, 0.717) is 5.82 Å². The third kappa shape index (κ3) is 6.62. The molecule has 0 bridgehead atoms. The lowest BCUT2D eigenvalue weighted by atomic mass is 10.2. The van der Waals surface area contributed by atoms with Gasteiger partial charge in [0.15, 0.2) is 6.61 Å². The average Bonchev–Trinajstić information content (AvgIpc) is 2.39. The van der Waals surface area contributed by atoms with E-state index >= 15 is 0 Å². The monoisotopic (exact) mass is 252 g/mol. The number of aryl methyl sites for hydroxylation is 1. The standard InChI is InChI=1S/C11H14N2O3.C2H6/c1-3-9-4-5-12-10(6-9)13-11(15)7-16-8(2)14;1-2/h4-6H,3,7H2,1-2H3,(H,12,13,15);1-2H3. The fraction of sp³-hybridized carbons (Fsp3) is 0.462. The molecule has 0 saturated carbocycles. The average molecular weight is 252 g/mol. The van der Waals surface area contributed by atoms with E-state index in [2.05, 4.69) is 15.0 Å². The molecule has 0 radical (unpaired) electrons. The van der Waals surface area contributed by atoms with Crippen LogP contribution in [0.25, 0.3) is 0 Å². The quantitative estimate of drug-likeness (QED) is 0.834. The topological polar surface area (TPSA) is 68.3 Å². The van der Waals surface area contributed by atoms with Crippen molar-refractivity contribution in [2.24, 2.45) is 0 Å². The van der Waals surface area contributed by atoms with E-state index in [1.54, 1.807) is 12.3 Å². The van der Waals surface area contributed by atoms with Crippen molar-refractivity contribution in [3.8, 4) is 0 Å². The van der Waals surface area contributed by atoms with Gasteiger partial charge in [-0.15, -0.1) is 0 Å². The molecule has 18 heavy (non-hydrogen) atoms. The Balaban J connectivity index is 0.00000137. The molecule has 1 rings (SSSR count). The van der Waals surface area contributed by atoms with E-state index in [9.17, 15) is 9.59 Å². The molecule has 0 aliphatic heterocycles. The van der Waals surface area contributed by atoms with Crippen molar-refractivity contribution >= 4 is 17.7 Å². The summed E-state index contributed by atoms with van der Waals surface area (Å²) >= 11 is 0. The molecule has 1 N–H and O–H groups in total. The number of amides is 1. The summed E-state index contributed by atoms with van der Waals surface area (Å²) in [6.45, 7) is 6.98. The van der Waals surface area contributed by atoms with Gasteiger partial charge in [-0.2, -0.15) is 0 Å². The summed E-state index contributed by atoms with van der Waals surface area (Å²) in [7, 11) is 0. The van der Waals surface area contributed by atoms with Gasteiger partial charge in [-0.25, -0.2) is 4.98 Å². The van der Waals surface area contributed by atoms with E-state index in [1.807, 2.05) is 26.8 Å². The first-order valence-corrected chi connectivity index (χ1v) is 6.00. The number of pyridine rings is 1. The maximum atomic E-state index is 11.3. The van der Waals surface area contributed by atoms with E-state index < -0.39 is 11.9 Å². The van der Waals surface area contributed by atoms with Crippen LogP contribution in [0.3, 0.4) is 0 Å². The smallest absolute Gasteiger partial charge is 0.303 e. The van der Waals surface area contributed by atoms with Crippen molar-refractivity contribution in [3.63, 3.8) is 0 Å². The number of rotatable bonds is 4. The minimum absolute atomic E-state index is 0.284. The lowest BCUT2D eigenvalue weighted by molar-refractivity contribution is -0.144. The van der Waals surface area contributed by atoms with Gasteiger partial charge in [-0.3, -0.25) is 9.59 Å². The van der Waals surface area contributed by atoms with Crippen LogP contribution in [0.2, 0.25) is 0 Å². The zero-order valence-corrected chi connectivity index (χ0v) is 11.3. The first-order valence-electron chi connectivity index (χ1n) is 6.00. The second-order valence-corrected chi connectivity index (χ2v) is 3.23. The molecule has 1 aromatic rings. The van der Waals surface area contributed by atoms with Gasteiger partial charge < -0.3 is 10.1 Å². The molecule has 0 unspecified atom stereocenters. The fourth-order valence-electron chi connectivity index (χ4n) is 1.11. The van der Waals surface area contributed by atoms with Crippen LogP contribution >= 0.6 is 0 Å². The van der Waals surface area contributed by atoms with Gasteiger partial charge in [0, 0.05) is 13.1 Å². The first-order chi connectivity index (χ1) is 8.61. The van der Waals surface area contributed by atoms with Crippen LogP contribution in [0.1, 0.15) is 33.3 Å². The number of carbonyl (C=O) groups excluding carboxylic acids is 2. The Morgan fingerprint density at radius 2 is 2.06 bits per heavy atom. The van der Waals surface area contributed by atoms with Gasteiger partial charge >= 0.3 is 5.97 Å². The highest BCUT2D eigenvalue weighted by atomic mass is 16.5. The van der Waals surface area contributed by atoms with Crippen LogP contribution in [0.4, 0.5) is 5.82 Å². The molecule has 0 aliphatic carbocycles. The highest BCUT2D eigenvalue weighted by molar-refractivity contribution is 5.91. The van der Waals surface area contributed by atoms with E-state index in [1.165, 1.54) is 6.92 Å². The molecule has 5 nitrogen and oxygen atoms in total. The number of hydrogen-bond acceptors (Lipinski definition) is 4. The zero-order valence-electron chi connectivity index (χ0n) is 11.3. The molecule has 0 spiro atoms. The largest absolute Gasteiger partial charge is 0.456 e. The number of nitrogens with zero attached hydrogens (tertiary/aromatic N) is 1. The Bertz CT molecular complexity index is 392. The highest BCUT2D eigenvalue weighted by Gasteiger charge is 2.05. The Morgan fingerprint density at radius 1 is 1.39 bits per heavy atom. The summed E-state index contributed by atoms with van der Waals surface area (Å²) in [4.78, 5) is 25.8. The molecule has 1 heterocycles. The van der Waals surface area contributed by atoms with Gasteiger partial charge in [0.25, 0.3) is 5.91 Å². The van der Waals surface area contributed by atoms with Crippen LogP contribution in [0.15, 0.2) is 18.3 Å². The molecule has 0 atom stereocenters. The van der Waals surface area contributed by atoms with Gasteiger partial charge in [-0.1, -0.05) is 20.8 Å². The normalized spacial score (nSPS) is 8.89. The van der Waals surface area contributed by atoms with Gasteiger partial charge in [-0.05, 0) is 24.1 Å². The number of hydrogen-bond donors (Lipinski definition) is 1. The van der Waals surface area contributed by atoms with Gasteiger partial charge in [0.1, 0.15) is 5.82 Å². The zero-order chi connectivity index (χ0) is 14.0. The molecule has 0 aromatic carbocycles. The molecular weight excluding hydrogens is 232 g/mol. The lowest BCUT2D eigenvalue weighted by Crippen LogP contribution is -2.20. The summed E-state index contributed by atoms with van der Waals surface area (Å²) in [5.41, 5.74) is 1.08. The number of ether oxygens (including phenoxy) is 1. The molecule has 5 heteroatoms. The van der Waals surface area contributed by atoms with Gasteiger partial charge in [0.2, 0.25) is 0 Å². The number of carbonyl (C=O) groups is 2. The van der Waals surface area contributed by atoms with Crippen molar-refractivity contribution in [1.29, 1.82) is 0 Å². The van der Waals surface area contributed by atoms with E-state index in [4.69, 9.17) is 0 Å². The lowest BCUT2D eigenvalue weighted by Gasteiger charge is -2.05. The second kappa shape index (κ2) is 9.15. The minimum atomic E-state index is -0.481. The molecule has 0 saturated heterocycles. The predicted molar refractivity (Wildman–Crippen MR) is 70.2 cm³/mol. The van der Waals surface area contributed by atoms with Crippen molar-refractivity contribution in [2.45, 2.75) is 34.1 Å². The van der Waals surface area contributed by atoms with Crippen molar-refractivity contribution in [1.82, 2.24) is 4.98 Å². The van der Waals surface area contributed by atoms with Crippen LogP contribution in [-0.2, 0) is 20.7 Å². The summed E-state index contributed by atoms with van der Waals surface area (Å²) in [6, 6.07) is 3.66. The summed E-state index contributed by atoms with van der Waals surface area (Å²) in [6.07, 6.45) is 2.50. The van der Waals surface area contributed by atoms with E-state index in [0.717, 1.165) is 12.0 Å². The third-order valence-electron chi connectivity index (χ3n) is 1.91. The molecule has 1 aromatic heterocycles. The van der Waals surface area contributed by atoms with Crippen LogP contribution < -0.4 is 5.32 Å². The number of anilines is 1. The SMILES string of the molecule is CC.CCc1ccnc(NC(=O)COC(C)=O)c1. The molecule has 100 valence electrons. The van der Waals surface area contributed by atoms with E-state index in [-0.39, 0.29) is 6.61 Å². The van der Waals surface area contributed by atoms with Crippen LogP contribution in [-0.4, -0.2) is 23.5 Å². The minimum Gasteiger partial charge on any atom is -0.456 e. The number of aromatic nitrogens is 1. The Labute approximate surface area is 108 Å². The number of nitrogens with one attached hydrogen (secondary N) is 1. The molecule has 0 aliphatic rings. The molecular formula is C13H20N2O3. The summed E-state index contributed by atoms with van der Waals surface area (Å²) in [5.74, 6) is -0.405. The summed E-state index contributed by atoms with van der Waals surface area (Å²) in [5, 5.41) is 2.54. The van der Waals surface area contributed by atoms with Crippen molar-refractivity contribution in [2.75, 3.05) is 11.9 Å². The Kier molecular flexibility index (Phi) is 8.18. The van der Waals surface area contributed by atoms with Crippen LogP contribution in [0.5, 0.6) is 0 Å². The second-order valence-electron chi connectivity index (χ2n) is 3.23. The maximum absolute atomic E-state index is 11.3. The first kappa shape index (κ1) is 16.1. The molecule has 1 amide bonds. The summed E-state index contributed by atoms with van der Waals surface area (Å²) < 4.78 is 4.55. The van der Waals surface area contributed by atoms with Gasteiger partial charge in [0.05, 0.1) is 0 Å². The van der Waals surface area contributed by atoms with Crippen LogP contribution in [0, 0.1) is 0 Å². The van der Waals surface area contributed by atoms with Crippen molar-refractivity contribution in [3.05, 3.63) is 23.9 Å². The third-order valence-corrected chi connectivity index (χ3v) is 1.91. The fourth-order valence-corrected chi connectivity index (χ4v) is 1.11. The molecule has 0 fully saturated rings.